The summed E-state index contributed by atoms with van der Waals surface area (Å²) in [6.45, 7) is 4.41. The second-order valence-electron chi connectivity index (χ2n) is 4.92. The molecule has 1 aliphatic rings. The van der Waals surface area contributed by atoms with Crippen LogP contribution in [0, 0.1) is 0 Å². The Bertz CT molecular complexity index is 337. The third kappa shape index (κ3) is 2.61. The van der Waals surface area contributed by atoms with Crippen molar-refractivity contribution in [3.63, 3.8) is 0 Å². The molecular weight excluding hydrogens is 200 g/mol. The highest BCUT2D eigenvalue weighted by Gasteiger charge is 2.29. The average molecular weight is 220 g/mol. The van der Waals surface area contributed by atoms with E-state index in [1.165, 1.54) is 0 Å². The van der Waals surface area contributed by atoms with Crippen LogP contribution in [0.5, 0.6) is 0 Å². The summed E-state index contributed by atoms with van der Waals surface area (Å²) < 4.78 is 0. The first-order chi connectivity index (χ1) is 7.58. The molecule has 1 aliphatic heterocycles. The molecule has 1 saturated heterocycles. The summed E-state index contributed by atoms with van der Waals surface area (Å²) in [4.78, 5) is 2.23. The van der Waals surface area contributed by atoms with Gasteiger partial charge in [-0.2, -0.15) is 0 Å². The highest BCUT2D eigenvalue weighted by Crippen LogP contribution is 2.23. The molecule has 0 bridgehead atoms. The number of nitrogens with two attached hydrogens (primary N) is 1. The predicted octanol–water partition coefficient (Wildman–Crippen LogP) is 0.927. The van der Waals surface area contributed by atoms with Gasteiger partial charge in [0.25, 0.3) is 0 Å². The van der Waals surface area contributed by atoms with Crippen LogP contribution in [0.4, 0.5) is 0 Å². The van der Waals surface area contributed by atoms with Gasteiger partial charge in [0.05, 0.1) is 5.60 Å². The fourth-order valence-corrected chi connectivity index (χ4v) is 2.33. The van der Waals surface area contributed by atoms with Gasteiger partial charge in [-0.3, -0.25) is 4.90 Å². The summed E-state index contributed by atoms with van der Waals surface area (Å²) in [7, 11) is 0. The van der Waals surface area contributed by atoms with E-state index in [9.17, 15) is 5.11 Å². The largest absolute Gasteiger partial charge is 0.384 e. The Labute approximate surface area is 96.9 Å². The lowest BCUT2D eigenvalue weighted by Gasteiger charge is -2.29. The van der Waals surface area contributed by atoms with Crippen LogP contribution in [0.2, 0.25) is 0 Å². The molecule has 3 heteroatoms. The van der Waals surface area contributed by atoms with E-state index in [2.05, 4.69) is 4.90 Å². The maximum absolute atomic E-state index is 10.4. The molecule has 2 rings (SSSR count). The first kappa shape index (κ1) is 11.6. The van der Waals surface area contributed by atoms with Crippen molar-refractivity contribution >= 4 is 0 Å². The molecule has 1 aromatic rings. The summed E-state index contributed by atoms with van der Waals surface area (Å²) in [6.07, 6.45) is 1.03. The Kier molecular flexibility index (Phi) is 3.28. The molecule has 3 N–H and O–H groups in total. The normalized spacial score (nSPS) is 25.6. The van der Waals surface area contributed by atoms with E-state index in [4.69, 9.17) is 5.73 Å². The van der Waals surface area contributed by atoms with Crippen molar-refractivity contribution in [1.82, 2.24) is 4.90 Å². The molecule has 1 heterocycles. The first-order valence-corrected chi connectivity index (χ1v) is 5.84. The van der Waals surface area contributed by atoms with Crippen molar-refractivity contribution in [1.29, 1.82) is 0 Å². The number of hydrogen-bond donors (Lipinski definition) is 2. The number of likely N-dealkylation sites (tertiary alicyclic amines) is 1. The minimum atomic E-state index is -0.786. The van der Waals surface area contributed by atoms with Crippen LogP contribution in [0.3, 0.4) is 0 Å². The van der Waals surface area contributed by atoms with Gasteiger partial charge in [0.15, 0.2) is 0 Å². The van der Waals surface area contributed by atoms with Crippen LogP contribution in [-0.4, -0.2) is 35.7 Å². The molecule has 1 fully saturated rings. The standard InChI is InChI=1S/C13H20N2O/c1-13(16,11-5-3-2-4-6-11)10-15-8-7-12(14)9-15/h2-6,12,16H,7-10,14H2,1H3/t12-,13?/m1/s1. The maximum Gasteiger partial charge on any atom is 0.0994 e. The molecule has 0 aliphatic carbocycles. The van der Waals surface area contributed by atoms with Crippen molar-refractivity contribution in [2.24, 2.45) is 5.73 Å². The van der Waals surface area contributed by atoms with Crippen molar-refractivity contribution in [3.8, 4) is 0 Å². The zero-order chi connectivity index (χ0) is 11.6. The average Bonchev–Trinajstić information content (AvgIpc) is 2.64. The zero-order valence-corrected chi connectivity index (χ0v) is 9.76. The summed E-state index contributed by atoms with van der Waals surface area (Å²) in [5, 5.41) is 10.4. The van der Waals surface area contributed by atoms with E-state index in [1.807, 2.05) is 37.3 Å². The number of benzene rings is 1. The summed E-state index contributed by atoms with van der Waals surface area (Å²) in [5.74, 6) is 0. The highest BCUT2D eigenvalue weighted by molar-refractivity contribution is 5.21. The zero-order valence-electron chi connectivity index (χ0n) is 9.76. The van der Waals surface area contributed by atoms with Crippen LogP contribution < -0.4 is 5.73 Å². The van der Waals surface area contributed by atoms with Gasteiger partial charge < -0.3 is 10.8 Å². The third-order valence-electron chi connectivity index (χ3n) is 3.24. The lowest BCUT2D eigenvalue weighted by atomic mass is 9.95. The van der Waals surface area contributed by atoms with Gasteiger partial charge in [0.2, 0.25) is 0 Å². The van der Waals surface area contributed by atoms with Crippen LogP contribution in [0.15, 0.2) is 30.3 Å². The van der Waals surface area contributed by atoms with E-state index < -0.39 is 5.60 Å². The summed E-state index contributed by atoms with van der Waals surface area (Å²) in [5.41, 5.74) is 6.04. The van der Waals surface area contributed by atoms with Crippen LogP contribution in [-0.2, 0) is 5.60 Å². The second-order valence-corrected chi connectivity index (χ2v) is 4.92. The predicted molar refractivity (Wildman–Crippen MR) is 65.0 cm³/mol. The number of hydrogen-bond acceptors (Lipinski definition) is 3. The Morgan fingerprint density at radius 3 is 2.69 bits per heavy atom. The second kappa shape index (κ2) is 4.53. The quantitative estimate of drug-likeness (QED) is 0.796. The Hall–Kier alpha value is -0.900. The van der Waals surface area contributed by atoms with Crippen molar-refractivity contribution in [2.75, 3.05) is 19.6 Å². The molecule has 88 valence electrons. The molecule has 3 nitrogen and oxygen atoms in total. The molecule has 0 aromatic heterocycles. The highest BCUT2D eigenvalue weighted by atomic mass is 16.3. The lowest BCUT2D eigenvalue weighted by Crippen LogP contribution is -2.38. The molecule has 16 heavy (non-hydrogen) atoms. The molecule has 0 saturated carbocycles. The number of β-amino-alcohol motifs (C(OH)–C–C–N with tert-alkyl or cyclic N) is 1. The number of rotatable bonds is 3. The molecule has 1 aromatic carbocycles. The first-order valence-electron chi connectivity index (χ1n) is 5.84. The molecule has 2 atom stereocenters. The summed E-state index contributed by atoms with van der Waals surface area (Å²) >= 11 is 0. The molecule has 0 amide bonds. The van der Waals surface area contributed by atoms with Crippen LogP contribution in [0.1, 0.15) is 18.9 Å². The van der Waals surface area contributed by atoms with Gasteiger partial charge in [-0.25, -0.2) is 0 Å². The molecule has 0 radical (unpaired) electrons. The van der Waals surface area contributed by atoms with Gasteiger partial charge in [-0.05, 0) is 25.5 Å². The molecule has 0 spiro atoms. The van der Waals surface area contributed by atoms with Gasteiger partial charge in [0, 0.05) is 19.1 Å². The summed E-state index contributed by atoms with van der Waals surface area (Å²) in [6, 6.07) is 10.1. The van der Waals surface area contributed by atoms with Crippen LogP contribution in [0.25, 0.3) is 0 Å². The van der Waals surface area contributed by atoms with Gasteiger partial charge in [-0.1, -0.05) is 30.3 Å². The Balaban J connectivity index is 2.03. The van der Waals surface area contributed by atoms with Crippen molar-refractivity contribution < 1.29 is 5.11 Å². The Morgan fingerprint density at radius 2 is 2.12 bits per heavy atom. The van der Waals surface area contributed by atoms with Crippen molar-refractivity contribution in [3.05, 3.63) is 35.9 Å². The molecular formula is C13H20N2O. The molecule has 1 unspecified atom stereocenters. The van der Waals surface area contributed by atoms with Gasteiger partial charge in [-0.15, -0.1) is 0 Å². The third-order valence-corrected chi connectivity index (χ3v) is 3.24. The van der Waals surface area contributed by atoms with Crippen molar-refractivity contribution in [2.45, 2.75) is 25.0 Å². The SMILES string of the molecule is CC(O)(CN1CC[C@@H](N)C1)c1ccccc1. The minimum absolute atomic E-state index is 0.270. The van der Waals surface area contributed by atoms with Crippen LogP contribution >= 0.6 is 0 Å². The van der Waals surface area contributed by atoms with E-state index >= 15 is 0 Å². The fraction of sp³-hybridized carbons (Fsp3) is 0.538. The Morgan fingerprint density at radius 1 is 1.44 bits per heavy atom. The maximum atomic E-state index is 10.4. The number of nitrogens with zero attached hydrogens (tertiary/aromatic N) is 1. The smallest absolute Gasteiger partial charge is 0.0994 e. The van der Waals surface area contributed by atoms with E-state index in [0.29, 0.717) is 6.54 Å². The van der Waals surface area contributed by atoms with E-state index in [0.717, 1.165) is 25.1 Å². The van der Waals surface area contributed by atoms with E-state index in [-0.39, 0.29) is 6.04 Å². The van der Waals surface area contributed by atoms with Gasteiger partial charge in [0.1, 0.15) is 0 Å². The van der Waals surface area contributed by atoms with E-state index in [1.54, 1.807) is 0 Å². The fourth-order valence-electron chi connectivity index (χ4n) is 2.33. The number of aliphatic hydroxyl groups is 1. The monoisotopic (exact) mass is 220 g/mol. The lowest BCUT2D eigenvalue weighted by molar-refractivity contribution is 0.0224. The topological polar surface area (TPSA) is 49.5 Å². The van der Waals surface area contributed by atoms with Gasteiger partial charge >= 0.3 is 0 Å². The minimum Gasteiger partial charge on any atom is -0.384 e.